The first kappa shape index (κ1) is 15.9. The number of aryl methyl sites for hydroxylation is 1. The van der Waals surface area contributed by atoms with Crippen LogP contribution in [0.2, 0.25) is 0 Å². The van der Waals surface area contributed by atoms with E-state index in [9.17, 15) is 4.79 Å². The Morgan fingerprint density at radius 2 is 2.00 bits per heavy atom. The highest BCUT2D eigenvalue weighted by Gasteiger charge is 2.36. The molecule has 1 aliphatic heterocycles. The zero-order chi connectivity index (χ0) is 17.4. The van der Waals surface area contributed by atoms with Gasteiger partial charge in [-0.2, -0.15) is 5.10 Å². The van der Waals surface area contributed by atoms with Gasteiger partial charge >= 0.3 is 5.91 Å². The third kappa shape index (κ3) is 3.05. The van der Waals surface area contributed by atoms with Crippen molar-refractivity contribution in [1.82, 2.24) is 5.01 Å². The lowest BCUT2D eigenvalue weighted by Crippen LogP contribution is -2.26. The van der Waals surface area contributed by atoms with Gasteiger partial charge in [0, 0.05) is 10.9 Å². The van der Waals surface area contributed by atoms with Crippen LogP contribution in [0.3, 0.4) is 0 Å². The van der Waals surface area contributed by atoms with Crippen molar-refractivity contribution < 1.29 is 13.6 Å². The summed E-state index contributed by atoms with van der Waals surface area (Å²) in [4.78, 5) is 12.8. The SMILES string of the molecule is Cc1ccc([C@@H]2CC(c3ccc(Br)cc3)=NN2C(=O)c2ccco2)o1. The van der Waals surface area contributed by atoms with E-state index in [4.69, 9.17) is 8.83 Å². The molecule has 3 aromatic rings. The summed E-state index contributed by atoms with van der Waals surface area (Å²) in [7, 11) is 0. The Morgan fingerprint density at radius 1 is 1.20 bits per heavy atom. The Kier molecular flexibility index (Phi) is 4.05. The number of halogens is 1. The largest absolute Gasteiger partial charge is 0.464 e. The van der Waals surface area contributed by atoms with Crippen molar-refractivity contribution in [1.29, 1.82) is 0 Å². The van der Waals surface area contributed by atoms with Crippen LogP contribution in [-0.4, -0.2) is 16.6 Å². The van der Waals surface area contributed by atoms with Crippen LogP contribution in [0.1, 0.15) is 40.1 Å². The van der Waals surface area contributed by atoms with Gasteiger partial charge in [0.25, 0.3) is 0 Å². The van der Waals surface area contributed by atoms with Crippen LogP contribution in [0.25, 0.3) is 0 Å². The van der Waals surface area contributed by atoms with Gasteiger partial charge in [-0.15, -0.1) is 0 Å². The molecule has 1 amide bonds. The molecular weight excluding hydrogens is 384 g/mol. The van der Waals surface area contributed by atoms with E-state index in [1.807, 2.05) is 43.3 Å². The fourth-order valence-corrected chi connectivity index (χ4v) is 3.15. The summed E-state index contributed by atoms with van der Waals surface area (Å²) in [5.41, 5.74) is 1.82. The van der Waals surface area contributed by atoms with Crippen LogP contribution in [-0.2, 0) is 0 Å². The average Bonchev–Trinajstić information content (AvgIpc) is 3.35. The number of hydrazone groups is 1. The molecule has 3 heterocycles. The summed E-state index contributed by atoms with van der Waals surface area (Å²) in [6.45, 7) is 1.88. The van der Waals surface area contributed by atoms with Crippen LogP contribution >= 0.6 is 15.9 Å². The summed E-state index contributed by atoms with van der Waals surface area (Å²) in [6, 6.07) is 14.7. The highest BCUT2D eigenvalue weighted by molar-refractivity contribution is 9.10. The molecule has 25 heavy (non-hydrogen) atoms. The normalized spacial score (nSPS) is 17.0. The zero-order valence-electron chi connectivity index (χ0n) is 13.5. The number of rotatable bonds is 3. The predicted molar refractivity (Wildman–Crippen MR) is 96.4 cm³/mol. The molecule has 0 bridgehead atoms. The molecule has 0 spiro atoms. The zero-order valence-corrected chi connectivity index (χ0v) is 15.1. The monoisotopic (exact) mass is 398 g/mol. The molecule has 0 unspecified atom stereocenters. The minimum Gasteiger partial charge on any atom is -0.464 e. The van der Waals surface area contributed by atoms with Crippen LogP contribution in [0.5, 0.6) is 0 Å². The quantitative estimate of drug-likeness (QED) is 0.627. The molecule has 5 nitrogen and oxygen atoms in total. The number of hydrogen-bond donors (Lipinski definition) is 0. The van der Waals surface area contributed by atoms with Gasteiger partial charge in [0.1, 0.15) is 17.6 Å². The Balaban J connectivity index is 1.71. The number of furan rings is 2. The van der Waals surface area contributed by atoms with Crippen molar-refractivity contribution in [3.05, 3.63) is 82.1 Å². The maximum absolute atomic E-state index is 12.8. The molecular formula is C19H15BrN2O3. The van der Waals surface area contributed by atoms with Gasteiger partial charge in [0.2, 0.25) is 0 Å². The van der Waals surface area contributed by atoms with E-state index >= 15 is 0 Å². The predicted octanol–water partition coefficient (Wildman–Crippen LogP) is 4.94. The van der Waals surface area contributed by atoms with Crippen LogP contribution < -0.4 is 0 Å². The first-order valence-corrected chi connectivity index (χ1v) is 8.68. The summed E-state index contributed by atoms with van der Waals surface area (Å²) in [5, 5.41) is 6.03. The minimum absolute atomic E-state index is 0.258. The number of carbonyl (C=O) groups excluding carboxylic acids is 1. The maximum atomic E-state index is 12.8. The van der Waals surface area contributed by atoms with E-state index in [2.05, 4.69) is 21.0 Å². The standard InChI is InChI=1S/C19H15BrN2O3/c1-12-4-9-17(25-12)16-11-15(13-5-7-14(20)8-6-13)21-22(16)19(23)18-3-2-10-24-18/h2-10,16H,11H2,1H3/t16-/m0/s1. The molecule has 0 saturated carbocycles. The fraction of sp³-hybridized carbons (Fsp3) is 0.158. The van der Waals surface area contributed by atoms with Crippen molar-refractivity contribution in [2.24, 2.45) is 5.10 Å². The lowest BCUT2D eigenvalue weighted by atomic mass is 10.0. The van der Waals surface area contributed by atoms with E-state index < -0.39 is 0 Å². The summed E-state index contributed by atoms with van der Waals surface area (Å²) in [6.07, 6.45) is 2.07. The highest BCUT2D eigenvalue weighted by atomic mass is 79.9. The van der Waals surface area contributed by atoms with Gasteiger partial charge in [-0.25, -0.2) is 5.01 Å². The highest BCUT2D eigenvalue weighted by Crippen LogP contribution is 2.35. The van der Waals surface area contributed by atoms with E-state index in [0.717, 1.165) is 21.5 Å². The minimum atomic E-state index is -0.287. The van der Waals surface area contributed by atoms with Gasteiger partial charge in [-0.05, 0) is 48.9 Å². The van der Waals surface area contributed by atoms with E-state index in [1.54, 1.807) is 12.1 Å². The van der Waals surface area contributed by atoms with Crippen molar-refractivity contribution in [3.63, 3.8) is 0 Å². The Hall–Kier alpha value is -2.60. The van der Waals surface area contributed by atoms with E-state index in [-0.39, 0.29) is 17.7 Å². The summed E-state index contributed by atoms with van der Waals surface area (Å²) >= 11 is 3.43. The molecule has 126 valence electrons. The van der Waals surface area contributed by atoms with Gasteiger partial charge in [-0.3, -0.25) is 4.79 Å². The number of benzene rings is 1. The second-order valence-corrected chi connectivity index (χ2v) is 6.76. The molecule has 4 rings (SSSR count). The summed E-state index contributed by atoms with van der Waals surface area (Å²) in [5.74, 6) is 1.50. The lowest BCUT2D eigenvalue weighted by Gasteiger charge is -2.18. The van der Waals surface area contributed by atoms with Crippen molar-refractivity contribution in [3.8, 4) is 0 Å². The number of amides is 1. The van der Waals surface area contributed by atoms with E-state index in [1.165, 1.54) is 11.3 Å². The molecule has 1 aliphatic rings. The average molecular weight is 399 g/mol. The van der Waals surface area contributed by atoms with E-state index in [0.29, 0.717) is 12.2 Å². The smallest absolute Gasteiger partial charge is 0.310 e. The number of nitrogens with zero attached hydrogens (tertiary/aromatic N) is 2. The first-order chi connectivity index (χ1) is 12.1. The number of hydrogen-bond acceptors (Lipinski definition) is 4. The third-order valence-corrected chi connectivity index (χ3v) is 4.65. The van der Waals surface area contributed by atoms with Gasteiger partial charge in [-0.1, -0.05) is 28.1 Å². The molecule has 0 fully saturated rings. The second kappa shape index (κ2) is 6.37. The van der Waals surface area contributed by atoms with Crippen LogP contribution in [0.4, 0.5) is 0 Å². The van der Waals surface area contributed by atoms with Crippen molar-refractivity contribution in [2.75, 3.05) is 0 Å². The van der Waals surface area contributed by atoms with Gasteiger partial charge < -0.3 is 8.83 Å². The fourth-order valence-electron chi connectivity index (χ4n) is 2.88. The summed E-state index contributed by atoms with van der Waals surface area (Å²) < 4.78 is 12.0. The van der Waals surface area contributed by atoms with Crippen LogP contribution in [0.15, 0.2) is 73.2 Å². The molecule has 0 N–H and O–H groups in total. The first-order valence-electron chi connectivity index (χ1n) is 7.88. The van der Waals surface area contributed by atoms with Gasteiger partial charge in [0.15, 0.2) is 5.76 Å². The second-order valence-electron chi connectivity index (χ2n) is 5.85. The Bertz CT molecular complexity index is 926. The Labute approximate surface area is 153 Å². The molecule has 0 radical (unpaired) electrons. The third-order valence-electron chi connectivity index (χ3n) is 4.12. The molecule has 0 saturated heterocycles. The van der Waals surface area contributed by atoms with Crippen molar-refractivity contribution in [2.45, 2.75) is 19.4 Å². The molecule has 0 aliphatic carbocycles. The number of carbonyl (C=O) groups is 1. The Morgan fingerprint density at radius 3 is 2.64 bits per heavy atom. The molecule has 6 heteroatoms. The van der Waals surface area contributed by atoms with Gasteiger partial charge in [0.05, 0.1) is 12.0 Å². The lowest BCUT2D eigenvalue weighted by molar-refractivity contribution is 0.0659. The van der Waals surface area contributed by atoms with Crippen LogP contribution in [0, 0.1) is 6.92 Å². The maximum Gasteiger partial charge on any atom is 0.310 e. The van der Waals surface area contributed by atoms with Crippen molar-refractivity contribution >= 4 is 27.5 Å². The topological polar surface area (TPSA) is 59.0 Å². The molecule has 1 aromatic carbocycles. The molecule has 1 atom stereocenters. The molecule has 2 aromatic heterocycles.